The summed E-state index contributed by atoms with van der Waals surface area (Å²) in [5, 5.41) is 11.8. The standard InChI is InChI=1S/C24H21F3N2O6/c1-13-19(22(30)34-3)21(15-9-5-7-11-17(15)29(32)33)20(23(31)35-4)14(2)28(13)18-12-8-6-10-16(18)24(25,26)27/h5-12,21H,1-4H3. The number of halogens is 3. The van der Waals surface area contributed by atoms with Gasteiger partial charge >= 0.3 is 18.1 Å². The van der Waals surface area contributed by atoms with Crippen molar-refractivity contribution in [3.63, 3.8) is 0 Å². The van der Waals surface area contributed by atoms with Gasteiger partial charge in [0.15, 0.2) is 0 Å². The Hall–Kier alpha value is -4.15. The molecule has 0 aliphatic carbocycles. The Morgan fingerprint density at radius 3 is 1.89 bits per heavy atom. The summed E-state index contributed by atoms with van der Waals surface area (Å²) in [6.07, 6.45) is -4.75. The van der Waals surface area contributed by atoms with E-state index in [4.69, 9.17) is 9.47 Å². The van der Waals surface area contributed by atoms with Crippen LogP contribution in [0.15, 0.2) is 71.1 Å². The van der Waals surface area contributed by atoms with Gasteiger partial charge in [-0.3, -0.25) is 10.1 Å². The Morgan fingerprint density at radius 1 is 0.914 bits per heavy atom. The number of anilines is 1. The maximum absolute atomic E-state index is 13.9. The topological polar surface area (TPSA) is 99.0 Å². The molecule has 8 nitrogen and oxygen atoms in total. The number of para-hydroxylation sites is 2. The molecule has 1 heterocycles. The highest BCUT2D eigenvalue weighted by Gasteiger charge is 2.44. The van der Waals surface area contributed by atoms with Crippen LogP contribution < -0.4 is 4.90 Å². The number of benzene rings is 2. The third-order valence-corrected chi connectivity index (χ3v) is 5.73. The zero-order chi connectivity index (χ0) is 26.1. The van der Waals surface area contributed by atoms with E-state index in [1.165, 1.54) is 56.3 Å². The first kappa shape index (κ1) is 25.5. The number of hydrogen-bond donors (Lipinski definition) is 0. The Labute approximate surface area is 198 Å². The van der Waals surface area contributed by atoms with Crippen molar-refractivity contribution in [3.8, 4) is 0 Å². The van der Waals surface area contributed by atoms with Crippen molar-refractivity contribution in [1.82, 2.24) is 0 Å². The number of esters is 2. The molecule has 11 heteroatoms. The minimum Gasteiger partial charge on any atom is -0.466 e. The van der Waals surface area contributed by atoms with Gasteiger partial charge in [-0.15, -0.1) is 0 Å². The van der Waals surface area contributed by atoms with Gasteiger partial charge in [-0.05, 0) is 26.0 Å². The fourth-order valence-corrected chi connectivity index (χ4v) is 4.28. The molecule has 35 heavy (non-hydrogen) atoms. The van der Waals surface area contributed by atoms with E-state index >= 15 is 0 Å². The lowest BCUT2D eigenvalue weighted by molar-refractivity contribution is -0.385. The smallest absolute Gasteiger partial charge is 0.418 e. The van der Waals surface area contributed by atoms with Gasteiger partial charge in [0.2, 0.25) is 0 Å². The van der Waals surface area contributed by atoms with Crippen LogP contribution in [0.1, 0.15) is 30.9 Å². The highest BCUT2D eigenvalue weighted by atomic mass is 19.4. The summed E-state index contributed by atoms with van der Waals surface area (Å²) in [6, 6.07) is 10.2. The number of alkyl halides is 3. The van der Waals surface area contributed by atoms with E-state index in [-0.39, 0.29) is 39.5 Å². The van der Waals surface area contributed by atoms with Crippen LogP contribution in [0.2, 0.25) is 0 Å². The SMILES string of the molecule is COC(=O)C1=C(C)N(c2ccccc2C(F)(F)F)C(C)=C(C(=O)OC)C1c1ccccc1[N+](=O)[O-]. The lowest BCUT2D eigenvalue weighted by atomic mass is 9.78. The van der Waals surface area contributed by atoms with Crippen molar-refractivity contribution >= 4 is 23.3 Å². The van der Waals surface area contributed by atoms with Crippen LogP contribution in [0.4, 0.5) is 24.5 Å². The minimum absolute atomic E-state index is 0.0132. The molecule has 0 bridgehead atoms. The van der Waals surface area contributed by atoms with Crippen molar-refractivity contribution in [1.29, 1.82) is 0 Å². The van der Waals surface area contributed by atoms with Gasteiger partial charge in [-0.2, -0.15) is 13.2 Å². The number of carbonyl (C=O) groups is 2. The molecule has 0 unspecified atom stereocenters. The quantitative estimate of drug-likeness (QED) is 0.326. The number of hydrogen-bond acceptors (Lipinski definition) is 7. The van der Waals surface area contributed by atoms with Crippen molar-refractivity contribution < 1.29 is 37.2 Å². The molecule has 1 aliphatic heterocycles. The van der Waals surface area contributed by atoms with Crippen molar-refractivity contribution in [2.75, 3.05) is 19.1 Å². The minimum atomic E-state index is -4.75. The molecule has 1 aliphatic rings. The average Bonchev–Trinajstić information content (AvgIpc) is 2.82. The van der Waals surface area contributed by atoms with E-state index in [9.17, 15) is 32.9 Å². The van der Waals surface area contributed by atoms with Crippen LogP contribution in [0, 0.1) is 10.1 Å². The van der Waals surface area contributed by atoms with Crippen molar-refractivity contribution in [2.24, 2.45) is 0 Å². The zero-order valence-electron chi connectivity index (χ0n) is 19.2. The third-order valence-electron chi connectivity index (χ3n) is 5.73. The summed E-state index contributed by atoms with van der Waals surface area (Å²) in [6.45, 7) is 2.78. The van der Waals surface area contributed by atoms with Crippen molar-refractivity contribution in [2.45, 2.75) is 25.9 Å². The molecule has 0 saturated heterocycles. The molecule has 0 fully saturated rings. The second-order valence-electron chi connectivity index (χ2n) is 7.58. The maximum atomic E-state index is 13.9. The molecule has 2 aromatic carbocycles. The largest absolute Gasteiger partial charge is 0.466 e. The second-order valence-corrected chi connectivity index (χ2v) is 7.58. The molecular formula is C24H21F3N2O6. The van der Waals surface area contributed by atoms with Crippen LogP contribution in [0.3, 0.4) is 0 Å². The van der Waals surface area contributed by atoms with E-state index < -0.39 is 34.5 Å². The lowest BCUT2D eigenvalue weighted by Gasteiger charge is -2.38. The van der Waals surface area contributed by atoms with Crippen LogP contribution in [-0.2, 0) is 25.2 Å². The highest BCUT2D eigenvalue weighted by Crippen LogP contribution is 2.48. The number of carbonyl (C=O) groups excluding carboxylic acids is 2. The predicted molar refractivity (Wildman–Crippen MR) is 119 cm³/mol. The molecule has 0 saturated carbocycles. The van der Waals surface area contributed by atoms with Gasteiger partial charge in [0.1, 0.15) is 0 Å². The van der Waals surface area contributed by atoms with Gasteiger partial charge in [-0.1, -0.05) is 30.3 Å². The molecule has 0 atom stereocenters. The summed E-state index contributed by atoms with van der Waals surface area (Å²) < 4.78 is 51.4. The first-order valence-corrected chi connectivity index (χ1v) is 10.2. The monoisotopic (exact) mass is 490 g/mol. The number of ether oxygens (including phenoxy) is 2. The van der Waals surface area contributed by atoms with Crippen LogP contribution in [0.25, 0.3) is 0 Å². The van der Waals surface area contributed by atoms with E-state index in [1.807, 2.05) is 0 Å². The first-order chi connectivity index (χ1) is 16.4. The molecule has 0 amide bonds. The summed E-state index contributed by atoms with van der Waals surface area (Å²) >= 11 is 0. The van der Waals surface area contributed by atoms with Gasteiger partial charge in [0.05, 0.1) is 47.5 Å². The summed E-state index contributed by atoms with van der Waals surface area (Å²) in [7, 11) is 2.13. The van der Waals surface area contributed by atoms with Gasteiger partial charge in [-0.25, -0.2) is 9.59 Å². The number of methoxy groups -OCH3 is 2. The summed E-state index contributed by atoms with van der Waals surface area (Å²) in [4.78, 5) is 38.2. The molecule has 184 valence electrons. The molecule has 0 spiro atoms. The lowest BCUT2D eigenvalue weighted by Crippen LogP contribution is -2.36. The average molecular weight is 490 g/mol. The third kappa shape index (κ3) is 4.48. The maximum Gasteiger partial charge on any atom is 0.418 e. The molecule has 0 N–H and O–H groups in total. The molecule has 2 aromatic rings. The van der Waals surface area contributed by atoms with Crippen LogP contribution >= 0.6 is 0 Å². The predicted octanol–water partition coefficient (Wildman–Crippen LogP) is 5.11. The Morgan fingerprint density at radius 2 is 1.40 bits per heavy atom. The Bertz CT molecular complexity index is 1230. The molecular weight excluding hydrogens is 469 g/mol. The normalized spacial score (nSPS) is 14.8. The number of nitro benzene ring substituents is 1. The highest BCUT2D eigenvalue weighted by molar-refractivity contribution is 6.02. The van der Waals surface area contributed by atoms with Crippen molar-refractivity contribution in [3.05, 3.63) is 92.3 Å². The van der Waals surface area contributed by atoms with E-state index in [0.717, 1.165) is 25.2 Å². The fourth-order valence-electron chi connectivity index (χ4n) is 4.28. The Balaban J connectivity index is 2.46. The van der Waals surface area contributed by atoms with E-state index in [0.29, 0.717) is 0 Å². The number of nitro groups is 1. The second kappa shape index (κ2) is 9.61. The van der Waals surface area contributed by atoms with Gasteiger partial charge < -0.3 is 14.4 Å². The number of nitrogens with zero attached hydrogens (tertiary/aromatic N) is 2. The first-order valence-electron chi connectivity index (χ1n) is 10.2. The Kier molecular flexibility index (Phi) is 6.99. The van der Waals surface area contributed by atoms with Crippen LogP contribution in [-0.4, -0.2) is 31.1 Å². The summed E-state index contributed by atoms with van der Waals surface area (Å²) in [5.74, 6) is -3.26. The van der Waals surface area contributed by atoms with E-state index in [1.54, 1.807) is 0 Å². The van der Waals surface area contributed by atoms with E-state index in [2.05, 4.69) is 0 Å². The number of rotatable bonds is 5. The zero-order valence-corrected chi connectivity index (χ0v) is 19.2. The van der Waals surface area contributed by atoms with Gasteiger partial charge in [0, 0.05) is 23.0 Å². The fraction of sp³-hybridized carbons (Fsp3) is 0.250. The summed E-state index contributed by atoms with van der Waals surface area (Å²) in [5.41, 5.74) is -2.17. The molecule has 0 aromatic heterocycles. The molecule has 3 rings (SSSR count). The molecule has 0 radical (unpaired) electrons. The van der Waals surface area contributed by atoms with Crippen LogP contribution in [0.5, 0.6) is 0 Å². The number of allylic oxidation sites excluding steroid dienone is 2. The van der Waals surface area contributed by atoms with Gasteiger partial charge in [0.25, 0.3) is 5.69 Å².